The standard InChI is InChI=1S/C27H26ClFN6O2S/c1-35(2)12-11-33-38(36,37)22-7-3-18(4-8-22)16-31-20-6-10-26-23(13-20)27(19(15-30)17-32-26)34-21-5-9-25(29)24(28)14-21/h3-10,13-14,17,31,33H,11-12,16H2,1-2H3,(H,32,34). The Hall–Kier alpha value is -3.75. The number of aromatic nitrogens is 1. The molecule has 1 heterocycles. The van der Waals surface area contributed by atoms with E-state index < -0.39 is 15.8 Å². The summed E-state index contributed by atoms with van der Waals surface area (Å²) in [6, 6.07) is 18.6. The van der Waals surface area contributed by atoms with Crippen LogP contribution >= 0.6 is 11.6 Å². The van der Waals surface area contributed by atoms with Gasteiger partial charge in [-0.1, -0.05) is 23.7 Å². The maximum absolute atomic E-state index is 13.6. The number of likely N-dealkylation sites (N-methyl/N-ethyl adjacent to an activating group) is 1. The molecule has 0 saturated heterocycles. The first-order valence-corrected chi connectivity index (χ1v) is 13.5. The van der Waals surface area contributed by atoms with Crippen molar-refractivity contribution in [2.75, 3.05) is 37.8 Å². The van der Waals surface area contributed by atoms with E-state index in [9.17, 15) is 18.1 Å². The molecule has 0 aliphatic carbocycles. The van der Waals surface area contributed by atoms with Gasteiger partial charge in [-0.05, 0) is 68.2 Å². The van der Waals surface area contributed by atoms with Gasteiger partial charge in [0.25, 0.3) is 0 Å². The molecule has 8 nitrogen and oxygen atoms in total. The lowest BCUT2D eigenvalue weighted by Crippen LogP contribution is -2.31. The number of rotatable bonds is 10. The molecule has 0 atom stereocenters. The predicted molar refractivity (Wildman–Crippen MR) is 149 cm³/mol. The second-order valence-electron chi connectivity index (χ2n) is 8.84. The third kappa shape index (κ3) is 6.57. The van der Waals surface area contributed by atoms with Gasteiger partial charge in [0, 0.05) is 42.6 Å². The maximum Gasteiger partial charge on any atom is 0.240 e. The molecule has 196 valence electrons. The summed E-state index contributed by atoms with van der Waals surface area (Å²) in [4.78, 5) is 6.47. The Kier molecular flexibility index (Phi) is 8.44. The molecule has 11 heteroatoms. The number of pyridine rings is 1. The van der Waals surface area contributed by atoms with Gasteiger partial charge in [0.15, 0.2) is 0 Å². The quantitative estimate of drug-likeness (QED) is 0.251. The summed E-state index contributed by atoms with van der Waals surface area (Å²) >= 11 is 5.92. The molecule has 1 aromatic heterocycles. The molecule has 0 unspecified atom stereocenters. The summed E-state index contributed by atoms with van der Waals surface area (Å²) in [7, 11) is 0.184. The number of nitrogens with zero attached hydrogens (tertiary/aromatic N) is 3. The van der Waals surface area contributed by atoms with E-state index >= 15 is 0 Å². The van der Waals surface area contributed by atoms with E-state index in [-0.39, 0.29) is 9.92 Å². The van der Waals surface area contributed by atoms with E-state index in [1.54, 1.807) is 30.3 Å². The number of hydrogen-bond donors (Lipinski definition) is 3. The van der Waals surface area contributed by atoms with Crippen LogP contribution in [0, 0.1) is 17.1 Å². The van der Waals surface area contributed by atoms with Crippen LogP contribution in [-0.2, 0) is 16.6 Å². The summed E-state index contributed by atoms with van der Waals surface area (Å²) in [6.07, 6.45) is 1.48. The van der Waals surface area contributed by atoms with Gasteiger partial charge in [-0.3, -0.25) is 4.98 Å². The normalized spacial score (nSPS) is 11.5. The van der Waals surface area contributed by atoms with E-state index in [2.05, 4.69) is 26.4 Å². The average Bonchev–Trinajstić information content (AvgIpc) is 2.89. The fourth-order valence-corrected chi connectivity index (χ4v) is 4.92. The SMILES string of the molecule is CN(C)CCNS(=O)(=O)c1ccc(CNc2ccc3ncc(C#N)c(Nc4ccc(F)c(Cl)c4)c3c2)cc1. The number of anilines is 3. The maximum atomic E-state index is 13.6. The van der Waals surface area contributed by atoms with Crippen molar-refractivity contribution in [1.29, 1.82) is 5.26 Å². The van der Waals surface area contributed by atoms with Crippen molar-refractivity contribution in [2.45, 2.75) is 11.4 Å². The molecule has 0 fully saturated rings. The van der Waals surface area contributed by atoms with Crippen molar-refractivity contribution in [3.05, 3.63) is 88.8 Å². The average molecular weight is 553 g/mol. The number of nitriles is 1. The Labute approximate surface area is 226 Å². The van der Waals surface area contributed by atoms with Crippen LogP contribution < -0.4 is 15.4 Å². The largest absolute Gasteiger partial charge is 0.381 e. The summed E-state index contributed by atoms with van der Waals surface area (Å²) in [5, 5.41) is 16.8. The van der Waals surface area contributed by atoms with Crippen LogP contribution in [-0.4, -0.2) is 45.5 Å². The van der Waals surface area contributed by atoms with E-state index in [4.69, 9.17) is 11.6 Å². The Morgan fingerprint density at radius 3 is 2.47 bits per heavy atom. The zero-order valence-electron chi connectivity index (χ0n) is 20.8. The van der Waals surface area contributed by atoms with Crippen molar-refractivity contribution in [1.82, 2.24) is 14.6 Å². The number of fused-ring (bicyclic) bond motifs is 1. The summed E-state index contributed by atoms with van der Waals surface area (Å²) in [5.74, 6) is -0.532. The molecular formula is C27H26ClFN6O2S. The molecule has 3 N–H and O–H groups in total. The Morgan fingerprint density at radius 2 is 1.79 bits per heavy atom. The van der Waals surface area contributed by atoms with E-state index in [1.165, 1.54) is 18.3 Å². The second-order valence-corrected chi connectivity index (χ2v) is 11.0. The number of halogens is 2. The first kappa shape index (κ1) is 27.3. The second kappa shape index (κ2) is 11.8. The Balaban J connectivity index is 1.52. The van der Waals surface area contributed by atoms with Crippen molar-refractivity contribution in [3.8, 4) is 6.07 Å². The molecule has 0 saturated carbocycles. The number of benzene rings is 3. The number of sulfonamides is 1. The fraction of sp³-hybridized carbons (Fsp3) is 0.185. The van der Waals surface area contributed by atoms with Crippen molar-refractivity contribution < 1.29 is 12.8 Å². The minimum Gasteiger partial charge on any atom is -0.381 e. The lowest BCUT2D eigenvalue weighted by atomic mass is 10.1. The molecule has 0 radical (unpaired) electrons. The Bertz CT molecular complexity index is 1600. The highest BCUT2D eigenvalue weighted by Crippen LogP contribution is 2.32. The minimum absolute atomic E-state index is 0.0302. The van der Waals surface area contributed by atoms with Crippen LogP contribution in [0.3, 0.4) is 0 Å². The third-order valence-corrected chi connectivity index (χ3v) is 7.53. The lowest BCUT2D eigenvalue weighted by molar-refractivity contribution is 0.412. The van der Waals surface area contributed by atoms with Crippen molar-refractivity contribution in [2.24, 2.45) is 0 Å². The predicted octanol–water partition coefficient (Wildman–Crippen LogP) is 5.09. The fourth-order valence-electron chi connectivity index (χ4n) is 3.72. The molecular weight excluding hydrogens is 527 g/mol. The smallest absolute Gasteiger partial charge is 0.240 e. The zero-order valence-corrected chi connectivity index (χ0v) is 22.4. The van der Waals surface area contributed by atoms with Crippen LogP contribution in [0.4, 0.5) is 21.5 Å². The molecule has 4 aromatic rings. The molecule has 0 aliphatic rings. The van der Waals surface area contributed by atoms with Gasteiger partial charge in [-0.2, -0.15) is 5.26 Å². The van der Waals surface area contributed by atoms with Crippen molar-refractivity contribution in [3.63, 3.8) is 0 Å². The molecule has 0 spiro atoms. The Morgan fingerprint density at radius 1 is 1.05 bits per heavy atom. The highest BCUT2D eigenvalue weighted by molar-refractivity contribution is 7.89. The molecule has 0 bridgehead atoms. The van der Waals surface area contributed by atoms with Gasteiger partial charge in [0.1, 0.15) is 11.9 Å². The van der Waals surface area contributed by atoms with Crippen LogP contribution in [0.25, 0.3) is 10.9 Å². The van der Waals surface area contributed by atoms with Crippen molar-refractivity contribution >= 4 is 49.6 Å². The van der Waals surface area contributed by atoms with Gasteiger partial charge < -0.3 is 15.5 Å². The van der Waals surface area contributed by atoms with Crippen LogP contribution in [0.5, 0.6) is 0 Å². The topological polar surface area (TPSA) is 110 Å². The molecule has 4 rings (SSSR count). The first-order chi connectivity index (χ1) is 18.2. The first-order valence-electron chi connectivity index (χ1n) is 11.7. The van der Waals surface area contributed by atoms with E-state index in [0.717, 1.165) is 11.3 Å². The number of nitrogens with one attached hydrogen (secondary N) is 3. The summed E-state index contributed by atoms with van der Waals surface area (Å²) in [6.45, 7) is 1.38. The van der Waals surface area contributed by atoms with Gasteiger partial charge in [-0.25, -0.2) is 17.5 Å². The molecule has 0 aliphatic heterocycles. The van der Waals surface area contributed by atoms with Crippen LogP contribution in [0.1, 0.15) is 11.1 Å². The number of hydrogen-bond acceptors (Lipinski definition) is 7. The van der Waals surface area contributed by atoms with E-state index in [0.29, 0.717) is 47.5 Å². The van der Waals surface area contributed by atoms with E-state index in [1.807, 2.05) is 37.2 Å². The summed E-state index contributed by atoms with van der Waals surface area (Å²) < 4.78 is 41.1. The van der Waals surface area contributed by atoms with Crippen LogP contribution in [0.2, 0.25) is 5.02 Å². The molecule has 38 heavy (non-hydrogen) atoms. The summed E-state index contributed by atoms with van der Waals surface area (Å²) in [5.41, 5.74) is 3.72. The van der Waals surface area contributed by atoms with Gasteiger partial charge in [0.2, 0.25) is 10.0 Å². The highest BCUT2D eigenvalue weighted by Gasteiger charge is 2.14. The molecule has 3 aromatic carbocycles. The monoisotopic (exact) mass is 552 g/mol. The van der Waals surface area contributed by atoms with Crippen LogP contribution in [0.15, 0.2) is 71.8 Å². The van der Waals surface area contributed by atoms with Gasteiger partial charge in [-0.15, -0.1) is 0 Å². The highest BCUT2D eigenvalue weighted by atomic mass is 35.5. The van der Waals surface area contributed by atoms with Gasteiger partial charge in [0.05, 0.1) is 26.7 Å². The molecule has 0 amide bonds. The minimum atomic E-state index is -3.57. The zero-order chi connectivity index (χ0) is 27.3. The van der Waals surface area contributed by atoms with Gasteiger partial charge >= 0.3 is 0 Å². The lowest BCUT2D eigenvalue weighted by Gasteiger charge is -2.14. The third-order valence-electron chi connectivity index (χ3n) is 5.76.